The quantitative estimate of drug-likeness (QED) is 0.732. The maximum absolute atomic E-state index is 12.0. The van der Waals surface area contributed by atoms with E-state index in [4.69, 9.17) is 0 Å². The van der Waals surface area contributed by atoms with Crippen LogP contribution in [0.25, 0.3) is 0 Å². The zero-order chi connectivity index (χ0) is 11.4. The van der Waals surface area contributed by atoms with Crippen molar-refractivity contribution in [1.29, 1.82) is 0 Å². The first-order chi connectivity index (χ1) is 7.77. The summed E-state index contributed by atoms with van der Waals surface area (Å²) in [5, 5.41) is 0. The lowest BCUT2D eigenvalue weighted by Gasteiger charge is -2.03. The Morgan fingerprint density at radius 2 is 2.00 bits per heavy atom. The lowest BCUT2D eigenvalue weighted by atomic mass is 10.0. The van der Waals surface area contributed by atoms with Gasteiger partial charge in [0.05, 0.1) is 0 Å². The van der Waals surface area contributed by atoms with E-state index in [1.54, 1.807) is 30.9 Å². The van der Waals surface area contributed by atoms with Crippen LogP contribution in [0.3, 0.4) is 0 Å². The van der Waals surface area contributed by atoms with Gasteiger partial charge in [0.25, 0.3) is 0 Å². The Kier molecular flexibility index (Phi) is 3.05. The number of ketones is 1. The molecule has 0 aliphatic heterocycles. The largest absolute Gasteiger partial charge is 0.294 e. The molecule has 0 saturated carbocycles. The van der Waals surface area contributed by atoms with Crippen LogP contribution in [0, 0.1) is 6.92 Å². The minimum Gasteiger partial charge on any atom is -0.294 e. The van der Waals surface area contributed by atoms with Crippen LogP contribution in [0.4, 0.5) is 0 Å². The summed E-state index contributed by atoms with van der Waals surface area (Å²) in [6.45, 7) is 1.89. The number of aryl methyl sites for hydroxylation is 1. The molecule has 0 N–H and O–H groups in total. The summed E-state index contributed by atoms with van der Waals surface area (Å²) in [4.78, 5) is 19.9. The molecular formula is C13H12N2O. The van der Waals surface area contributed by atoms with E-state index in [9.17, 15) is 4.79 Å². The molecule has 2 rings (SSSR count). The molecule has 0 atom stereocenters. The smallest absolute Gasteiger partial charge is 0.167 e. The molecule has 2 heterocycles. The summed E-state index contributed by atoms with van der Waals surface area (Å²) >= 11 is 0. The summed E-state index contributed by atoms with van der Waals surface area (Å²) in [6, 6.07) is 5.50. The molecule has 3 nitrogen and oxygen atoms in total. The average Bonchev–Trinajstić information content (AvgIpc) is 2.31. The fourth-order valence-corrected chi connectivity index (χ4v) is 1.57. The molecule has 2 aromatic heterocycles. The Hall–Kier alpha value is -2.03. The standard InChI is InChI=1S/C13H12N2O/c1-10-8-15-6-4-12(10)13(16)7-11-3-2-5-14-9-11/h2-6,8-9H,7H2,1H3. The normalized spacial score (nSPS) is 10.1. The van der Waals surface area contributed by atoms with Gasteiger partial charge < -0.3 is 0 Å². The lowest BCUT2D eigenvalue weighted by Crippen LogP contribution is -2.06. The van der Waals surface area contributed by atoms with Crippen molar-refractivity contribution < 1.29 is 4.79 Å². The van der Waals surface area contributed by atoms with Crippen LogP contribution in [0.2, 0.25) is 0 Å². The maximum Gasteiger partial charge on any atom is 0.167 e. The molecule has 0 fully saturated rings. The van der Waals surface area contributed by atoms with Crippen LogP contribution in [0.5, 0.6) is 0 Å². The van der Waals surface area contributed by atoms with Gasteiger partial charge in [0.1, 0.15) is 0 Å². The number of pyridine rings is 2. The lowest BCUT2D eigenvalue weighted by molar-refractivity contribution is 0.0992. The van der Waals surface area contributed by atoms with Gasteiger partial charge in [-0.25, -0.2) is 0 Å². The molecule has 0 aliphatic rings. The molecule has 80 valence electrons. The summed E-state index contributed by atoms with van der Waals surface area (Å²) in [5.41, 5.74) is 2.58. The van der Waals surface area contributed by atoms with E-state index in [1.165, 1.54) is 0 Å². The molecule has 0 spiro atoms. The fourth-order valence-electron chi connectivity index (χ4n) is 1.57. The molecule has 16 heavy (non-hydrogen) atoms. The van der Waals surface area contributed by atoms with E-state index < -0.39 is 0 Å². The number of nitrogens with zero attached hydrogens (tertiary/aromatic N) is 2. The summed E-state index contributed by atoms with van der Waals surface area (Å²) in [7, 11) is 0. The van der Waals surface area contributed by atoms with Crippen LogP contribution in [-0.4, -0.2) is 15.8 Å². The molecule has 0 bridgehead atoms. The highest BCUT2D eigenvalue weighted by molar-refractivity contribution is 5.98. The summed E-state index contributed by atoms with van der Waals surface area (Å²) in [6.07, 6.45) is 7.15. The second-order valence-corrected chi connectivity index (χ2v) is 3.65. The van der Waals surface area contributed by atoms with Crippen LogP contribution in [0.1, 0.15) is 21.5 Å². The molecule has 0 radical (unpaired) electrons. The first kappa shape index (κ1) is 10.5. The third-order valence-corrected chi connectivity index (χ3v) is 2.41. The van der Waals surface area contributed by atoms with Gasteiger partial charge in [0, 0.05) is 36.8 Å². The van der Waals surface area contributed by atoms with Gasteiger partial charge >= 0.3 is 0 Å². The van der Waals surface area contributed by atoms with E-state index in [0.717, 1.165) is 16.7 Å². The van der Waals surface area contributed by atoms with E-state index in [1.807, 2.05) is 19.1 Å². The highest BCUT2D eigenvalue weighted by Crippen LogP contribution is 2.09. The predicted octanol–water partition coefficient (Wildman–Crippen LogP) is 2.21. The first-order valence-electron chi connectivity index (χ1n) is 5.10. The van der Waals surface area contributed by atoms with Crippen LogP contribution < -0.4 is 0 Å². The van der Waals surface area contributed by atoms with Crippen molar-refractivity contribution in [3.63, 3.8) is 0 Å². The van der Waals surface area contributed by atoms with Crippen LogP contribution in [-0.2, 0) is 6.42 Å². The number of hydrogen-bond acceptors (Lipinski definition) is 3. The number of aromatic nitrogens is 2. The van der Waals surface area contributed by atoms with Gasteiger partial charge in [0.15, 0.2) is 5.78 Å². The van der Waals surface area contributed by atoms with Gasteiger partial charge in [-0.15, -0.1) is 0 Å². The molecule has 0 unspecified atom stereocenters. The second kappa shape index (κ2) is 4.66. The van der Waals surface area contributed by atoms with E-state index in [2.05, 4.69) is 9.97 Å². The van der Waals surface area contributed by atoms with E-state index in [0.29, 0.717) is 6.42 Å². The van der Waals surface area contributed by atoms with Gasteiger partial charge in [0.2, 0.25) is 0 Å². The van der Waals surface area contributed by atoms with Gasteiger partial charge in [-0.2, -0.15) is 0 Å². The van der Waals surface area contributed by atoms with Crippen molar-refractivity contribution in [3.05, 3.63) is 59.7 Å². The van der Waals surface area contributed by atoms with Gasteiger partial charge in [-0.05, 0) is 30.2 Å². The number of Topliss-reactive ketones (excluding diaryl/α,β-unsaturated/α-hetero) is 1. The number of carbonyl (C=O) groups is 1. The SMILES string of the molecule is Cc1cnccc1C(=O)Cc1cccnc1. The molecule has 0 saturated heterocycles. The topological polar surface area (TPSA) is 42.9 Å². The Bertz CT molecular complexity index is 494. The second-order valence-electron chi connectivity index (χ2n) is 3.65. The molecular weight excluding hydrogens is 200 g/mol. The Balaban J connectivity index is 2.19. The van der Waals surface area contributed by atoms with Crippen molar-refractivity contribution in [1.82, 2.24) is 9.97 Å². The third-order valence-electron chi connectivity index (χ3n) is 2.41. The molecule has 3 heteroatoms. The van der Waals surface area contributed by atoms with Crippen LogP contribution >= 0.6 is 0 Å². The van der Waals surface area contributed by atoms with E-state index >= 15 is 0 Å². The Morgan fingerprint density at radius 1 is 1.19 bits per heavy atom. The molecule has 0 amide bonds. The monoisotopic (exact) mass is 212 g/mol. The van der Waals surface area contributed by atoms with Crippen molar-refractivity contribution >= 4 is 5.78 Å². The number of hydrogen-bond donors (Lipinski definition) is 0. The van der Waals surface area contributed by atoms with Crippen LogP contribution in [0.15, 0.2) is 43.0 Å². The maximum atomic E-state index is 12.0. The average molecular weight is 212 g/mol. The fraction of sp³-hybridized carbons (Fsp3) is 0.154. The van der Waals surface area contributed by atoms with Crippen molar-refractivity contribution in [2.45, 2.75) is 13.3 Å². The summed E-state index contributed by atoms with van der Waals surface area (Å²) in [5.74, 6) is 0.105. The minimum atomic E-state index is 0.105. The van der Waals surface area contributed by atoms with Crippen molar-refractivity contribution in [2.24, 2.45) is 0 Å². The highest BCUT2D eigenvalue weighted by Gasteiger charge is 2.09. The summed E-state index contributed by atoms with van der Waals surface area (Å²) < 4.78 is 0. The van der Waals surface area contributed by atoms with E-state index in [-0.39, 0.29) is 5.78 Å². The zero-order valence-electron chi connectivity index (χ0n) is 9.05. The van der Waals surface area contributed by atoms with Gasteiger partial charge in [-0.1, -0.05) is 6.07 Å². The Labute approximate surface area is 94.2 Å². The molecule has 0 aliphatic carbocycles. The third kappa shape index (κ3) is 2.31. The predicted molar refractivity (Wildman–Crippen MR) is 61.2 cm³/mol. The number of rotatable bonds is 3. The van der Waals surface area contributed by atoms with Crippen molar-refractivity contribution in [3.8, 4) is 0 Å². The zero-order valence-corrected chi connectivity index (χ0v) is 9.05. The first-order valence-corrected chi connectivity index (χ1v) is 5.10. The highest BCUT2D eigenvalue weighted by atomic mass is 16.1. The Morgan fingerprint density at radius 3 is 2.69 bits per heavy atom. The molecule has 0 aromatic carbocycles. The van der Waals surface area contributed by atoms with Gasteiger partial charge in [-0.3, -0.25) is 14.8 Å². The molecule has 2 aromatic rings. The van der Waals surface area contributed by atoms with Crippen molar-refractivity contribution in [2.75, 3.05) is 0 Å². The minimum absolute atomic E-state index is 0.105. The number of carbonyl (C=O) groups excluding carboxylic acids is 1.